The summed E-state index contributed by atoms with van der Waals surface area (Å²) in [7, 11) is 0. The fourth-order valence-electron chi connectivity index (χ4n) is 3.43. The summed E-state index contributed by atoms with van der Waals surface area (Å²) >= 11 is 0. The van der Waals surface area contributed by atoms with Crippen molar-refractivity contribution in [1.82, 2.24) is 10.2 Å². The van der Waals surface area contributed by atoms with E-state index in [0.717, 1.165) is 38.4 Å². The molecule has 2 fully saturated rings. The Balaban J connectivity index is 1.72. The summed E-state index contributed by atoms with van der Waals surface area (Å²) in [5.41, 5.74) is 0.0162. The highest BCUT2D eigenvalue weighted by atomic mass is 19.1. The first-order valence-electron chi connectivity index (χ1n) is 9.04. The largest absolute Gasteiger partial charge is 0.371 e. The zero-order valence-electron chi connectivity index (χ0n) is 14.6. The predicted molar refractivity (Wildman–Crippen MR) is 94.4 cm³/mol. The van der Waals surface area contributed by atoms with Crippen molar-refractivity contribution in [3.8, 4) is 0 Å². The van der Waals surface area contributed by atoms with Crippen LogP contribution in [0.1, 0.15) is 39.5 Å². The second-order valence-electron chi connectivity index (χ2n) is 7.59. The van der Waals surface area contributed by atoms with Gasteiger partial charge < -0.3 is 15.5 Å². The number of rotatable bonds is 6. The van der Waals surface area contributed by atoms with Crippen molar-refractivity contribution in [1.29, 1.82) is 0 Å². The summed E-state index contributed by atoms with van der Waals surface area (Å²) in [5, 5.41) is 6.39. The average Bonchev–Trinajstić information content (AvgIpc) is 3.33. The summed E-state index contributed by atoms with van der Waals surface area (Å²) in [6.45, 7) is 6.91. The van der Waals surface area contributed by atoms with Gasteiger partial charge in [0, 0.05) is 31.4 Å². The molecule has 0 bridgehead atoms. The molecule has 132 valence electrons. The van der Waals surface area contributed by atoms with Gasteiger partial charge in [0.1, 0.15) is 11.4 Å². The Labute approximate surface area is 143 Å². The Morgan fingerprint density at radius 3 is 2.62 bits per heavy atom. The SMILES string of the molecule is CC(C)NC(=O)C1(Nc2cccc(F)c2)CCN(CC2CC2)CC1. The number of piperidine rings is 1. The number of anilines is 1. The minimum atomic E-state index is -0.655. The van der Waals surface area contributed by atoms with Crippen LogP contribution in [-0.2, 0) is 4.79 Å². The zero-order chi connectivity index (χ0) is 17.2. The normalized spacial score (nSPS) is 20.8. The van der Waals surface area contributed by atoms with Crippen LogP contribution in [-0.4, -0.2) is 42.0 Å². The summed E-state index contributed by atoms with van der Waals surface area (Å²) in [6, 6.07) is 6.47. The lowest BCUT2D eigenvalue weighted by Gasteiger charge is -2.42. The molecule has 0 unspecified atom stereocenters. The Kier molecular flexibility index (Phi) is 5.09. The second-order valence-corrected chi connectivity index (χ2v) is 7.59. The van der Waals surface area contributed by atoms with Crippen LogP contribution in [0.15, 0.2) is 24.3 Å². The van der Waals surface area contributed by atoms with E-state index >= 15 is 0 Å². The van der Waals surface area contributed by atoms with Crippen molar-refractivity contribution in [3.05, 3.63) is 30.1 Å². The number of hydrogen-bond donors (Lipinski definition) is 2. The Morgan fingerprint density at radius 2 is 2.04 bits per heavy atom. The summed E-state index contributed by atoms with van der Waals surface area (Å²) in [4.78, 5) is 15.3. The van der Waals surface area contributed by atoms with Crippen molar-refractivity contribution >= 4 is 11.6 Å². The van der Waals surface area contributed by atoms with E-state index in [1.165, 1.54) is 25.0 Å². The van der Waals surface area contributed by atoms with Gasteiger partial charge >= 0.3 is 0 Å². The quantitative estimate of drug-likeness (QED) is 0.841. The van der Waals surface area contributed by atoms with Gasteiger partial charge in [-0.25, -0.2) is 4.39 Å². The maximum atomic E-state index is 13.5. The molecular formula is C19H28FN3O. The molecular weight excluding hydrogens is 305 g/mol. The minimum absolute atomic E-state index is 0.0211. The van der Waals surface area contributed by atoms with Crippen LogP contribution in [0.5, 0.6) is 0 Å². The molecule has 5 heteroatoms. The number of hydrogen-bond acceptors (Lipinski definition) is 3. The van der Waals surface area contributed by atoms with Gasteiger partial charge in [-0.15, -0.1) is 0 Å². The van der Waals surface area contributed by atoms with Gasteiger partial charge in [-0.05, 0) is 63.6 Å². The van der Waals surface area contributed by atoms with E-state index in [1.54, 1.807) is 6.07 Å². The van der Waals surface area contributed by atoms with Crippen LogP contribution in [0, 0.1) is 11.7 Å². The summed E-state index contributed by atoms with van der Waals surface area (Å²) < 4.78 is 13.5. The molecule has 0 spiro atoms. The molecule has 0 atom stereocenters. The van der Waals surface area contributed by atoms with Gasteiger partial charge in [0.05, 0.1) is 0 Å². The highest BCUT2D eigenvalue weighted by Crippen LogP contribution is 2.33. The lowest BCUT2D eigenvalue weighted by atomic mass is 9.85. The number of carbonyl (C=O) groups is 1. The molecule has 1 amide bonds. The molecule has 1 saturated heterocycles. The molecule has 1 aromatic carbocycles. The van der Waals surface area contributed by atoms with Crippen molar-refractivity contribution in [3.63, 3.8) is 0 Å². The van der Waals surface area contributed by atoms with Gasteiger partial charge in [0.2, 0.25) is 5.91 Å². The van der Waals surface area contributed by atoms with Gasteiger partial charge in [-0.3, -0.25) is 4.79 Å². The van der Waals surface area contributed by atoms with Gasteiger partial charge in [0.25, 0.3) is 0 Å². The van der Waals surface area contributed by atoms with Gasteiger partial charge in [0.15, 0.2) is 0 Å². The number of nitrogens with one attached hydrogen (secondary N) is 2. The van der Waals surface area contributed by atoms with Crippen molar-refractivity contribution < 1.29 is 9.18 Å². The van der Waals surface area contributed by atoms with E-state index in [0.29, 0.717) is 5.69 Å². The fraction of sp³-hybridized carbons (Fsp3) is 0.632. The lowest BCUT2D eigenvalue weighted by molar-refractivity contribution is -0.127. The summed E-state index contributed by atoms with van der Waals surface area (Å²) in [5.74, 6) is 0.594. The maximum Gasteiger partial charge on any atom is 0.245 e. The molecule has 24 heavy (non-hydrogen) atoms. The number of halogens is 1. The first-order chi connectivity index (χ1) is 11.5. The van der Waals surface area contributed by atoms with E-state index < -0.39 is 5.54 Å². The molecule has 1 aliphatic carbocycles. The van der Waals surface area contributed by atoms with E-state index in [2.05, 4.69) is 15.5 Å². The average molecular weight is 333 g/mol. The van der Waals surface area contributed by atoms with Crippen LogP contribution in [0.3, 0.4) is 0 Å². The van der Waals surface area contributed by atoms with Gasteiger partial charge in [-0.1, -0.05) is 6.07 Å². The van der Waals surface area contributed by atoms with E-state index in [-0.39, 0.29) is 17.8 Å². The van der Waals surface area contributed by atoms with Crippen molar-refractivity contribution in [2.24, 2.45) is 5.92 Å². The Bertz CT molecular complexity index is 578. The molecule has 0 radical (unpaired) electrons. The van der Waals surface area contributed by atoms with E-state index in [9.17, 15) is 9.18 Å². The van der Waals surface area contributed by atoms with Crippen LogP contribution < -0.4 is 10.6 Å². The number of carbonyl (C=O) groups excluding carboxylic acids is 1. The molecule has 2 N–H and O–H groups in total. The van der Waals surface area contributed by atoms with Crippen LogP contribution in [0.25, 0.3) is 0 Å². The van der Waals surface area contributed by atoms with Crippen LogP contribution in [0.4, 0.5) is 10.1 Å². The van der Waals surface area contributed by atoms with Crippen LogP contribution >= 0.6 is 0 Å². The Hall–Kier alpha value is -1.62. The predicted octanol–water partition coefficient (Wildman–Crippen LogP) is 3.01. The molecule has 0 aromatic heterocycles. The topological polar surface area (TPSA) is 44.4 Å². The molecule has 1 heterocycles. The lowest BCUT2D eigenvalue weighted by Crippen LogP contribution is -2.59. The molecule has 1 aromatic rings. The van der Waals surface area contributed by atoms with Crippen molar-refractivity contribution in [2.45, 2.75) is 51.1 Å². The smallest absolute Gasteiger partial charge is 0.245 e. The molecule has 4 nitrogen and oxygen atoms in total. The second kappa shape index (κ2) is 7.09. The van der Waals surface area contributed by atoms with E-state index in [1.807, 2.05) is 19.9 Å². The first-order valence-corrected chi connectivity index (χ1v) is 9.04. The monoisotopic (exact) mass is 333 g/mol. The van der Waals surface area contributed by atoms with Gasteiger partial charge in [-0.2, -0.15) is 0 Å². The highest BCUT2D eigenvalue weighted by molar-refractivity contribution is 5.89. The minimum Gasteiger partial charge on any atom is -0.371 e. The molecule has 1 aliphatic heterocycles. The fourth-order valence-corrected chi connectivity index (χ4v) is 3.43. The number of likely N-dealkylation sites (tertiary alicyclic amines) is 1. The molecule has 3 rings (SSSR count). The van der Waals surface area contributed by atoms with Crippen LogP contribution in [0.2, 0.25) is 0 Å². The van der Waals surface area contributed by atoms with E-state index in [4.69, 9.17) is 0 Å². The number of amides is 1. The highest BCUT2D eigenvalue weighted by Gasteiger charge is 2.42. The number of nitrogens with zero attached hydrogens (tertiary/aromatic N) is 1. The third kappa shape index (κ3) is 4.26. The zero-order valence-corrected chi connectivity index (χ0v) is 14.6. The maximum absolute atomic E-state index is 13.5. The molecule has 2 aliphatic rings. The standard InChI is InChI=1S/C19H28FN3O/c1-14(2)21-18(24)19(22-17-5-3-4-16(20)12-17)8-10-23(11-9-19)13-15-6-7-15/h3-5,12,14-15,22H,6-11,13H2,1-2H3,(H,21,24). The number of benzene rings is 1. The first kappa shape index (κ1) is 17.2. The van der Waals surface area contributed by atoms with Crippen molar-refractivity contribution in [2.75, 3.05) is 25.0 Å². The summed E-state index contributed by atoms with van der Waals surface area (Å²) in [6.07, 6.45) is 4.18. The Morgan fingerprint density at radius 1 is 1.33 bits per heavy atom. The third-order valence-electron chi connectivity index (χ3n) is 4.99. The molecule has 1 saturated carbocycles. The third-order valence-corrected chi connectivity index (χ3v) is 4.99.